The number of fused-ring (bicyclic) bond motifs is 3. The number of aromatic amines is 1. The molecule has 1 aliphatic heterocycles. The fourth-order valence-corrected chi connectivity index (χ4v) is 4.79. The lowest BCUT2D eigenvalue weighted by atomic mass is 9.98. The van der Waals surface area contributed by atoms with Crippen molar-refractivity contribution in [2.24, 2.45) is 5.92 Å². The van der Waals surface area contributed by atoms with Gasteiger partial charge in [0.05, 0.1) is 17.8 Å². The summed E-state index contributed by atoms with van der Waals surface area (Å²) in [4.78, 5) is 17.1. The van der Waals surface area contributed by atoms with Crippen molar-refractivity contribution in [3.8, 4) is 17.2 Å². The Morgan fingerprint density at radius 2 is 2.13 bits per heavy atom. The van der Waals surface area contributed by atoms with E-state index in [0.29, 0.717) is 18.4 Å². The molecule has 1 saturated carbocycles. The van der Waals surface area contributed by atoms with E-state index in [1.54, 1.807) is 0 Å². The van der Waals surface area contributed by atoms with E-state index in [1.165, 1.54) is 0 Å². The first-order chi connectivity index (χ1) is 14.6. The molecule has 2 fully saturated rings. The third-order valence-corrected chi connectivity index (χ3v) is 6.41. The average Bonchev–Trinajstić information content (AvgIpc) is 3.50. The molecule has 0 unspecified atom stereocenters. The molecule has 7 heteroatoms. The fourth-order valence-electron chi connectivity index (χ4n) is 4.79. The van der Waals surface area contributed by atoms with E-state index in [0.717, 1.165) is 52.7 Å². The molecule has 0 spiro atoms. The summed E-state index contributed by atoms with van der Waals surface area (Å²) in [6.45, 7) is 1.95. The molecule has 7 nitrogen and oxygen atoms in total. The third kappa shape index (κ3) is 3.44. The number of benzene rings is 1. The predicted octanol–water partition coefficient (Wildman–Crippen LogP) is 2.62. The Labute approximate surface area is 174 Å². The number of aryl methyl sites for hydroxylation is 1. The van der Waals surface area contributed by atoms with Crippen LogP contribution in [0.3, 0.4) is 0 Å². The van der Waals surface area contributed by atoms with Crippen LogP contribution in [0.2, 0.25) is 0 Å². The molecule has 1 saturated heterocycles. The van der Waals surface area contributed by atoms with Gasteiger partial charge in [0.15, 0.2) is 0 Å². The van der Waals surface area contributed by atoms with Crippen molar-refractivity contribution in [1.82, 2.24) is 25.8 Å². The topological polar surface area (TPSA) is 106 Å². The van der Waals surface area contributed by atoms with Crippen molar-refractivity contribution in [3.63, 3.8) is 0 Å². The Morgan fingerprint density at radius 1 is 1.30 bits per heavy atom. The number of hydrogen-bond acceptors (Lipinski definition) is 5. The summed E-state index contributed by atoms with van der Waals surface area (Å²) in [5.41, 5.74) is 5.72. The van der Waals surface area contributed by atoms with Crippen LogP contribution < -0.4 is 10.6 Å². The number of carbonyl (C=O) groups excluding carboxylic acids is 1. The van der Waals surface area contributed by atoms with Crippen molar-refractivity contribution in [2.75, 3.05) is 0 Å². The number of piperidine rings is 1. The number of H-pyrrole nitrogens is 1. The molecule has 3 heterocycles. The van der Waals surface area contributed by atoms with E-state index in [9.17, 15) is 10.1 Å². The van der Waals surface area contributed by atoms with Crippen LogP contribution in [-0.4, -0.2) is 39.2 Å². The summed E-state index contributed by atoms with van der Waals surface area (Å²) < 4.78 is 0. The van der Waals surface area contributed by atoms with Crippen LogP contribution in [0.4, 0.5) is 0 Å². The summed E-state index contributed by atoms with van der Waals surface area (Å²) in [6, 6.07) is 12.1. The van der Waals surface area contributed by atoms with Gasteiger partial charge in [-0.05, 0) is 49.3 Å². The number of nitrogens with one attached hydrogen (secondary N) is 3. The molecule has 3 N–H and O–H groups in total. The van der Waals surface area contributed by atoms with Crippen molar-refractivity contribution in [3.05, 3.63) is 47.8 Å². The van der Waals surface area contributed by atoms with E-state index in [-0.39, 0.29) is 11.9 Å². The number of nitrogens with zero attached hydrogens (tertiary/aromatic N) is 3. The van der Waals surface area contributed by atoms with Crippen LogP contribution in [-0.2, 0) is 11.2 Å². The van der Waals surface area contributed by atoms with Crippen LogP contribution in [0.5, 0.6) is 0 Å². The number of aromatic nitrogens is 3. The first-order valence-electron chi connectivity index (χ1n) is 10.5. The van der Waals surface area contributed by atoms with Crippen LogP contribution in [0.15, 0.2) is 36.5 Å². The summed E-state index contributed by atoms with van der Waals surface area (Å²) in [6.07, 6.45) is 5.67. The second-order valence-corrected chi connectivity index (χ2v) is 8.45. The zero-order valence-corrected chi connectivity index (χ0v) is 16.9. The SMILES string of the molecule is Cc1[nH]nc2cc(-c3ccc(C[C@@H](C#N)NC(=O)[C@H]4N[C@@H]5CC[C@H]4C5)cc3)cnc12. The summed E-state index contributed by atoms with van der Waals surface area (Å²) in [5.74, 6) is 0.372. The lowest BCUT2D eigenvalue weighted by Gasteiger charge is -2.23. The number of rotatable bonds is 5. The van der Waals surface area contributed by atoms with Gasteiger partial charge in [0.1, 0.15) is 17.1 Å². The standard InChI is InChI=1S/C23H24N6O/c1-13-21-20(29-28-13)10-17(12-25-21)15-4-2-14(3-5-15)8-19(11-24)27-23(30)22-16-6-7-18(9-16)26-22/h2-5,10,12,16,18-19,22,26H,6-9H2,1H3,(H,27,30)(H,28,29)/t16-,18+,19-,22-/m0/s1. The molecule has 0 radical (unpaired) electrons. The smallest absolute Gasteiger partial charge is 0.238 e. The second-order valence-electron chi connectivity index (χ2n) is 8.45. The molecular formula is C23H24N6O. The van der Waals surface area contributed by atoms with Gasteiger partial charge in [0, 0.05) is 24.2 Å². The molecular weight excluding hydrogens is 376 g/mol. The monoisotopic (exact) mass is 400 g/mol. The molecule has 2 aliphatic rings. The Kier molecular flexibility index (Phi) is 4.72. The minimum absolute atomic E-state index is 0.0426. The highest BCUT2D eigenvalue weighted by Gasteiger charge is 2.43. The first-order valence-corrected chi connectivity index (χ1v) is 10.5. The van der Waals surface area contributed by atoms with E-state index >= 15 is 0 Å². The Bertz CT molecular complexity index is 1130. The first kappa shape index (κ1) is 18.8. The van der Waals surface area contributed by atoms with Crippen molar-refractivity contribution in [1.29, 1.82) is 5.26 Å². The van der Waals surface area contributed by atoms with Gasteiger partial charge in [0.2, 0.25) is 5.91 Å². The number of hydrogen-bond donors (Lipinski definition) is 3. The molecule has 5 rings (SSSR count). The van der Waals surface area contributed by atoms with Crippen molar-refractivity contribution in [2.45, 2.75) is 50.7 Å². The minimum atomic E-state index is -0.533. The maximum atomic E-state index is 12.6. The van der Waals surface area contributed by atoms with E-state index in [1.807, 2.05) is 43.5 Å². The maximum Gasteiger partial charge on any atom is 0.238 e. The predicted molar refractivity (Wildman–Crippen MR) is 113 cm³/mol. The molecule has 3 aromatic rings. The molecule has 2 aromatic heterocycles. The summed E-state index contributed by atoms with van der Waals surface area (Å²) >= 11 is 0. The van der Waals surface area contributed by atoms with Gasteiger partial charge in [-0.25, -0.2) is 0 Å². The Balaban J connectivity index is 1.25. The normalized spacial score (nSPS) is 23.4. The highest BCUT2D eigenvalue weighted by atomic mass is 16.2. The van der Waals surface area contributed by atoms with Gasteiger partial charge >= 0.3 is 0 Å². The minimum Gasteiger partial charge on any atom is -0.339 e. The zero-order chi connectivity index (χ0) is 20.7. The van der Waals surface area contributed by atoms with Gasteiger partial charge in [-0.1, -0.05) is 24.3 Å². The van der Waals surface area contributed by atoms with Crippen LogP contribution in [0.25, 0.3) is 22.2 Å². The molecule has 30 heavy (non-hydrogen) atoms. The lowest BCUT2D eigenvalue weighted by Crippen LogP contribution is -2.50. The van der Waals surface area contributed by atoms with Crippen LogP contribution >= 0.6 is 0 Å². The summed E-state index contributed by atoms with van der Waals surface area (Å²) in [5, 5.41) is 23.1. The highest BCUT2D eigenvalue weighted by Crippen LogP contribution is 2.35. The number of amides is 1. The molecule has 1 aromatic carbocycles. The van der Waals surface area contributed by atoms with Gasteiger partial charge in [0.25, 0.3) is 0 Å². The average molecular weight is 400 g/mol. The van der Waals surface area contributed by atoms with E-state index < -0.39 is 6.04 Å². The number of carbonyl (C=O) groups is 1. The Morgan fingerprint density at radius 3 is 2.83 bits per heavy atom. The number of nitriles is 1. The van der Waals surface area contributed by atoms with Gasteiger partial charge < -0.3 is 10.6 Å². The Hall–Kier alpha value is -3.24. The molecule has 2 bridgehead atoms. The lowest BCUT2D eigenvalue weighted by molar-refractivity contribution is -0.124. The van der Waals surface area contributed by atoms with Crippen LogP contribution in [0.1, 0.15) is 30.5 Å². The van der Waals surface area contributed by atoms with Gasteiger partial charge in [-0.2, -0.15) is 10.4 Å². The summed E-state index contributed by atoms with van der Waals surface area (Å²) in [7, 11) is 0. The van der Waals surface area contributed by atoms with E-state index in [4.69, 9.17) is 0 Å². The third-order valence-electron chi connectivity index (χ3n) is 6.41. The molecule has 1 amide bonds. The quantitative estimate of drug-likeness (QED) is 0.610. The molecule has 4 atom stereocenters. The molecule has 152 valence electrons. The maximum absolute atomic E-state index is 12.6. The fraction of sp³-hybridized carbons (Fsp3) is 0.391. The largest absolute Gasteiger partial charge is 0.339 e. The van der Waals surface area contributed by atoms with Crippen molar-refractivity contribution >= 4 is 16.9 Å². The van der Waals surface area contributed by atoms with E-state index in [2.05, 4.69) is 31.9 Å². The van der Waals surface area contributed by atoms with Crippen LogP contribution in [0, 0.1) is 24.2 Å². The highest BCUT2D eigenvalue weighted by molar-refractivity contribution is 5.83. The second kappa shape index (κ2) is 7.54. The number of pyridine rings is 1. The zero-order valence-electron chi connectivity index (χ0n) is 16.9. The van der Waals surface area contributed by atoms with Gasteiger partial charge in [-0.3, -0.25) is 14.9 Å². The molecule has 1 aliphatic carbocycles. The van der Waals surface area contributed by atoms with Gasteiger partial charge in [-0.15, -0.1) is 0 Å². The van der Waals surface area contributed by atoms with Crippen molar-refractivity contribution < 1.29 is 4.79 Å².